The minimum absolute atomic E-state index is 0.322. The summed E-state index contributed by atoms with van der Waals surface area (Å²) in [5, 5.41) is 0.445. The van der Waals surface area contributed by atoms with Crippen molar-refractivity contribution in [3.63, 3.8) is 0 Å². The van der Waals surface area contributed by atoms with Gasteiger partial charge in [-0.3, -0.25) is 4.98 Å². The van der Waals surface area contributed by atoms with Gasteiger partial charge in [-0.15, -0.1) is 0 Å². The molecule has 1 aromatic heterocycles. The number of hydrogen-bond donors (Lipinski definition) is 0. The van der Waals surface area contributed by atoms with Crippen molar-refractivity contribution in [1.82, 2.24) is 4.98 Å². The maximum absolute atomic E-state index is 14.3. The second kappa shape index (κ2) is 8.82. The van der Waals surface area contributed by atoms with Gasteiger partial charge in [0.1, 0.15) is 11.6 Å². The van der Waals surface area contributed by atoms with Gasteiger partial charge in [0, 0.05) is 30.8 Å². The largest absolute Gasteiger partial charge is 0.452 e. The van der Waals surface area contributed by atoms with Crippen LogP contribution >= 0.6 is 11.6 Å². The third-order valence-electron chi connectivity index (χ3n) is 4.39. The van der Waals surface area contributed by atoms with Crippen molar-refractivity contribution in [3.8, 4) is 5.75 Å². The Morgan fingerprint density at radius 3 is 2.41 bits per heavy atom. The summed E-state index contributed by atoms with van der Waals surface area (Å²) in [5.74, 6) is -4.71. The predicted molar refractivity (Wildman–Crippen MR) is 104 cm³/mol. The van der Waals surface area contributed by atoms with E-state index in [4.69, 9.17) is 16.3 Å². The number of aromatic nitrogens is 1. The molecule has 2 nitrogen and oxygen atoms in total. The van der Waals surface area contributed by atoms with E-state index in [2.05, 4.69) is 4.98 Å². The van der Waals surface area contributed by atoms with Crippen molar-refractivity contribution in [2.45, 2.75) is 31.5 Å². The highest BCUT2D eigenvalue weighted by Crippen LogP contribution is 2.33. The first-order chi connectivity index (χ1) is 13.7. The molecule has 0 aliphatic rings. The Morgan fingerprint density at radius 1 is 1.07 bits per heavy atom. The molecule has 0 radical (unpaired) electrons. The summed E-state index contributed by atoms with van der Waals surface area (Å²) in [4.78, 5) is 4.32. The Kier molecular flexibility index (Phi) is 6.42. The summed E-state index contributed by atoms with van der Waals surface area (Å²) in [6.45, 7) is 0.602. The molecule has 1 unspecified atom stereocenters. The molecule has 2 aromatic carbocycles. The molecule has 0 spiro atoms. The maximum Gasteiger partial charge on any atom is 0.306 e. The third-order valence-corrected chi connectivity index (χ3v) is 4.62. The fourth-order valence-electron chi connectivity index (χ4n) is 2.96. The van der Waals surface area contributed by atoms with Gasteiger partial charge in [0.15, 0.2) is 0 Å². The van der Waals surface area contributed by atoms with E-state index in [1.807, 2.05) is 30.3 Å². The first-order valence-electron chi connectivity index (χ1n) is 8.86. The number of nitrogens with zero attached hydrogens (tertiary/aromatic N) is 1. The lowest BCUT2D eigenvalue weighted by Crippen LogP contribution is -2.35. The van der Waals surface area contributed by atoms with E-state index in [0.29, 0.717) is 29.6 Å². The number of ether oxygens (including phenoxy) is 1. The van der Waals surface area contributed by atoms with Crippen LogP contribution in [0.5, 0.6) is 5.75 Å². The molecule has 0 N–H and O–H groups in total. The predicted octanol–water partition coefficient (Wildman–Crippen LogP) is 6.58. The number of pyridine rings is 1. The lowest BCUT2D eigenvalue weighted by molar-refractivity contribution is -0.152. The van der Waals surface area contributed by atoms with Gasteiger partial charge in [0.2, 0.25) is 0 Å². The van der Waals surface area contributed by atoms with Crippen LogP contribution in [0.4, 0.5) is 17.6 Å². The zero-order valence-corrected chi connectivity index (χ0v) is 16.2. The Bertz CT molecular complexity index is 949. The third kappa shape index (κ3) is 5.48. The first kappa shape index (κ1) is 21.1. The highest BCUT2D eigenvalue weighted by atomic mass is 35.5. The fourth-order valence-corrected chi connectivity index (χ4v) is 3.07. The van der Waals surface area contributed by atoms with Gasteiger partial charge in [-0.2, -0.15) is 4.39 Å². The van der Waals surface area contributed by atoms with Crippen LogP contribution in [0.3, 0.4) is 0 Å². The van der Waals surface area contributed by atoms with E-state index >= 15 is 0 Å². The Hall–Kier alpha value is -2.60. The van der Waals surface area contributed by atoms with Crippen LogP contribution in [-0.4, -0.2) is 17.3 Å². The van der Waals surface area contributed by atoms with Crippen LogP contribution in [0.25, 0.3) is 0 Å². The van der Waals surface area contributed by atoms with Crippen LogP contribution in [-0.2, 0) is 6.42 Å². The minimum atomic E-state index is -3.38. The Labute approximate surface area is 171 Å². The van der Waals surface area contributed by atoms with Crippen molar-refractivity contribution in [3.05, 3.63) is 94.5 Å². The number of hydrogen-bond acceptors (Lipinski definition) is 2. The molecule has 0 aliphatic carbocycles. The molecular formula is C22H18ClF4NO. The molecule has 1 heterocycles. The van der Waals surface area contributed by atoms with Crippen molar-refractivity contribution < 1.29 is 22.3 Å². The van der Waals surface area contributed by atoms with Crippen molar-refractivity contribution in [1.29, 1.82) is 0 Å². The molecule has 2 atom stereocenters. The van der Waals surface area contributed by atoms with Crippen molar-refractivity contribution >= 4 is 11.6 Å². The van der Waals surface area contributed by atoms with Gasteiger partial charge >= 0.3 is 12.3 Å². The maximum atomic E-state index is 14.3. The zero-order valence-electron chi connectivity index (χ0n) is 15.5. The fraction of sp³-hybridized carbons (Fsp3) is 0.227. The number of benzene rings is 2. The topological polar surface area (TPSA) is 22.1 Å². The standard InChI is InChI=1S/C22H18ClF4NO/c1-22(27,21(25)26)29-18-11-15(10-17(24)12-18)19(9-14-5-3-2-4-6-14)20-8-7-16(23)13-28-20/h2-8,10-13,19,21H,9H2,1H3/t19-,22?/m1/s1. The number of halogens is 5. The molecule has 29 heavy (non-hydrogen) atoms. The van der Waals surface area contributed by atoms with E-state index in [9.17, 15) is 17.6 Å². The summed E-state index contributed by atoms with van der Waals surface area (Å²) >= 11 is 5.92. The lowest BCUT2D eigenvalue weighted by Gasteiger charge is -2.23. The Balaban J connectivity index is 2.01. The SMILES string of the molecule is CC(F)(Oc1cc(F)cc([C@@H](Cc2ccccc2)c2ccc(Cl)cn2)c1)C(F)F. The Morgan fingerprint density at radius 2 is 1.79 bits per heavy atom. The van der Waals surface area contributed by atoms with Gasteiger partial charge < -0.3 is 4.74 Å². The molecule has 0 aliphatic heterocycles. The zero-order chi connectivity index (χ0) is 21.0. The number of alkyl halides is 3. The van der Waals surface area contributed by atoms with Gasteiger partial charge in [-0.25, -0.2) is 13.2 Å². The van der Waals surface area contributed by atoms with Crippen LogP contribution in [0.15, 0.2) is 66.9 Å². The average Bonchev–Trinajstić information content (AvgIpc) is 2.67. The molecular weight excluding hydrogens is 406 g/mol. The highest BCUT2D eigenvalue weighted by Gasteiger charge is 2.37. The molecule has 0 amide bonds. The summed E-state index contributed by atoms with van der Waals surface area (Å²) in [5.41, 5.74) is 1.99. The van der Waals surface area contributed by atoms with Gasteiger partial charge in [-0.1, -0.05) is 41.9 Å². The minimum Gasteiger partial charge on any atom is -0.452 e. The van der Waals surface area contributed by atoms with E-state index in [1.165, 1.54) is 18.3 Å². The quantitative estimate of drug-likeness (QED) is 0.400. The van der Waals surface area contributed by atoms with Crippen LogP contribution in [0, 0.1) is 5.82 Å². The van der Waals surface area contributed by atoms with Crippen LogP contribution in [0.2, 0.25) is 5.02 Å². The molecule has 0 bridgehead atoms. The highest BCUT2D eigenvalue weighted by molar-refractivity contribution is 6.30. The van der Waals surface area contributed by atoms with Crippen molar-refractivity contribution in [2.75, 3.05) is 0 Å². The van der Waals surface area contributed by atoms with Crippen LogP contribution < -0.4 is 4.74 Å². The molecule has 3 aromatic rings. The average molecular weight is 424 g/mol. The van der Waals surface area contributed by atoms with E-state index < -0.39 is 24.0 Å². The van der Waals surface area contributed by atoms with Gasteiger partial charge in [0.05, 0.1) is 5.02 Å². The van der Waals surface area contributed by atoms with E-state index in [-0.39, 0.29) is 5.75 Å². The van der Waals surface area contributed by atoms with E-state index in [0.717, 1.165) is 11.6 Å². The summed E-state index contributed by atoms with van der Waals surface area (Å²) in [6, 6.07) is 16.3. The molecule has 3 rings (SSSR count). The summed E-state index contributed by atoms with van der Waals surface area (Å²) in [6.07, 6.45) is -1.45. The summed E-state index contributed by atoms with van der Waals surface area (Å²) < 4.78 is 58.6. The van der Waals surface area contributed by atoms with Gasteiger partial charge in [-0.05, 0) is 41.8 Å². The molecule has 0 saturated carbocycles. The normalized spacial score (nSPS) is 14.4. The van der Waals surface area contributed by atoms with E-state index in [1.54, 1.807) is 12.1 Å². The number of rotatable bonds is 7. The molecule has 0 saturated heterocycles. The summed E-state index contributed by atoms with van der Waals surface area (Å²) in [7, 11) is 0. The molecule has 7 heteroatoms. The van der Waals surface area contributed by atoms with Crippen molar-refractivity contribution in [2.24, 2.45) is 0 Å². The van der Waals surface area contributed by atoms with Crippen LogP contribution in [0.1, 0.15) is 29.7 Å². The second-order valence-electron chi connectivity index (χ2n) is 6.75. The second-order valence-corrected chi connectivity index (χ2v) is 7.19. The lowest BCUT2D eigenvalue weighted by atomic mass is 9.88. The molecule has 0 fully saturated rings. The van der Waals surface area contributed by atoms with Gasteiger partial charge in [0.25, 0.3) is 0 Å². The monoisotopic (exact) mass is 423 g/mol. The first-order valence-corrected chi connectivity index (χ1v) is 9.24. The smallest absolute Gasteiger partial charge is 0.306 e. The molecule has 152 valence electrons.